The van der Waals surface area contributed by atoms with Crippen molar-refractivity contribution in [3.05, 3.63) is 33.8 Å². The average Bonchev–Trinajstić information content (AvgIpc) is 2.41. The van der Waals surface area contributed by atoms with Crippen molar-refractivity contribution in [2.75, 3.05) is 13.1 Å². The van der Waals surface area contributed by atoms with Crippen molar-refractivity contribution in [1.82, 2.24) is 4.90 Å². The van der Waals surface area contributed by atoms with Crippen LogP contribution in [-0.2, 0) is 0 Å². The van der Waals surface area contributed by atoms with Gasteiger partial charge in [0, 0.05) is 13.1 Å². The van der Waals surface area contributed by atoms with Gasteiger partial charge in [0.15, 0.2) is 0 Å². The van der Waals surface area contributed by atoms with Gasteiger partial charge in [-0.25, -0.2) is 0 Å². The van der Waals surface area contributed by atoms with Crippen molar-refractivity contribution in [3.63, 3.8) is 0 Å². The third kappa shape index (κ3) is 3.24. The van der Waals surface area contributed by atoms with Gasteiger partial charge in [0.05, 0.1) is 15.6 Å². The van der Waals surface area contributed by atoms with Crippen LogP contribution in [0.5, 0.6) is 0 Å². The van der Waals surface area contributed by atoms with Crippen LogP contribution in [-0.4, -0.2) is 23.9 Å². The Balaban J connectivity index is 2.07. The number of hydrogen-bond acceptors (Lipinski definition) is 1. The van der Waals surface area contributed by atoms with E-state index in [2.05, 4.69) is 13.8 Å². The van der Waals surface area contributed by atoms with Crippen molar-refractivity contribution in [1.29, 1.82) is 0 Å². The monoisotopic (exact) mass is 299 g/mol. The summed E-state index contributed by atoms with van der Waals surface area (Å²) in [5.74, 6) is 1.40. The van der Waals surface area contributed by atoms with E-state index in [0.717, 1.165) is 31.8 Å². The Kier molecular flexibility index (Phi) is 4.75. The number of halogens is 2. The Bertz CT molecular complexity index is 465. The highest BCUT2D eigenvalue weighted by molar-refractivity contribution is 6.43. The topological polar surface area (TPSA) is 20.3 Å². The van der Waals surface area contributed by atoms with E-state index in [-0.39, 0.29) is 5.91 Å². The van der Waals surface area contributed by atoms with Gasteiger partial charge in [-0.15, -0.1) is 0 Å². The van der Waals surface area contributed by atoms with Crippen molar-refractivity contribution < 1.29 is 4.79 Å². The van der Waals surface area contributed by atoms with Crippen molar-refractivity contribution in [3.8, 4) is 0 Å². The lowest BCUT2D eigenvalue weighted by atomic mass is 9.86. The van der Waals surface area contributed by atoms with Gasteiger partial charge in [-0.2, -0.15) is 0 Å². The van der Waals surface area contributed by atoms with Gasteiger partial charge >= 0.3 is 0 Å². The first-order chi connectivity index (χ1) is 9.00. The minimum Gasteiger partial charge on any atom is -0.339 e. The molecule has 0 bridgehead atoms. The van der Waals surface area contributed by atoms with E-state index in [1.54, 1.807) is 18.2 Å². The second-order valence-corrected chi connectivity index (χ2v) is 6.26. The highest BCUT2D eigenvalue weighted by Crippen LogP contribution is 2.29. The second-order valence-electron chi connectivity index (χ2n) is 5.48. The summed E-state index contributed by atoms with van der Waals surface area (Å²) >= 11 is 12.1. The first-order valence-corrected chi connectivity index (χ1v) is 7.49. The molecule has 104 valence electrons. The summed E-state index contributed by atoms with van der Waals surface area (Å²) in [6, 6.07) is 5.21. The van der Waals surface area contributed by atoms with Crippen LogP contribution in [0.2, 0.25) is 10.0 Å². The van der Waals surface area contributed by atoms with Crippen molar-refractivity contribution >= 4 is 29.1 Å². The largest absolute Gasteiger partial charge is 0.339 e. The number of benzene rings is 1. The highest BCUT2D eigenvalue weighted by Gasteiger charge is 2.26. The summed E-state index contributed by atoms with van der Waals surface area (Å²) in [5.41, 5.74) is 0.511. The fourth-order valence-corrected chi connectivity index (χ4v) is 2.99. The van der Waals surface area contributed by atoms with E-state index in [9.17, 15) is 4.79 Å². The summed E-state index contributed by atoms with van der Waals surface area (Å²) in [7, 11) is 0. The van der Waals surface area contributed by atoms with Crippen molar-refractivity contribution in [2.45, 2.75) is 26.7 Å². The quantitative estimate of drug-likeness (QED) is 0.787. The smallest absolute Gasteiger partial charge is 0.255 e. The molecule has 4 heteroatoms. The molecule has 1 fully saturated rings. The molecule has 0 atom stereocenters. The van der Waals surface area contributed by atoms with Crippen LogP contribution < -0.4 is 0 Å². The number of carbonyl (C=O) groups excluding carboxylic acids is 1. The third-order valence-electron chi connectivity index (χ3n) is 3.95. The fraction of sp³-hybridized carbons (Fsp3) is 0.533. The molecule has 0 N–H and O–H groups in total. The van der Waals surface area contributed by atoms with Gasteiger partial charge in [-0.05, 0) is 36.8 Å². The van der Waals surface area contributed by atoms with E-state index in [1.807, 2.05) is 4.90 Å². The highest BCUT2D eigenvalue weighted by atomic mass is 35.5. The van der Waals surface area contributed by atoms with Gasteiger partial charge in [0.2, 0.25) is 0 Å². The lowest BCUT2D eigenvalue weighted by Gasteiger charge is -2.34. The Morgan fingerprint density at radius 3 is 2.47 bits per heavy atom. The molecule has 0 unspecified atom stereocenters. The molecule has 1 aromatic rings. The van der Waals surface area contributed by atoms with Crippen LogP contribution in [0.15, 0.2) is 18.2 Å². The molecule has 0 radical (unpaired) electrons. The predicted octanol–water partition coefficient (Wildman–Crippen LogP) is 4.50. The van der Waals surface area contributed by atoms with Crippen LogP contribution in [0.4, 0.5) is 0 Å². The van der Waals surface area contributed by atoms with Crippen LogP contribution in [0.1, 0.15) is 37.0 Å². The Morgan fingerprint density at radius 1 is 1.26 bits per heavy atom. The Hall–Kier alpha value is -0.730. The molecule has 2 nitrogen and oxygen atoms in total. The number of amides is 1. The molecule has 0 spiro atoms. The Morgan fingerprint density at radius 2 is 1.89 bits per heavy atom. The molecule has 0 aliphatic carbocycles. The molecular formula is C15H19Cl2NO. The van der Waals surface area contributed by atoms with E-state index >= 15 is 0 Å². The van der Waals surface area contributed by atoms with Crippen LogP contribution >= 0.6 is 23.2 Å². The molecule has 1 heterocycles. The van der Waals surface area contributed by atoms with E-state index < -0.39 is 0 Å². The summed E-state index contributed by atoms with van der Waals surface area (Å²) in [6.07, 6.45) is 2.14. The summed E-state index contributed by atoms with van der Waals surface area (Å²) in [6.45, 7) is 6.11. The zero-order chi connectivity index (χ0) is 14.0. The number of piperidine rings is 1. The maximum absolute atomic E-state index is 12.4. The Labute approximate surface area is 124 Å². The van der Waals surface area contributed by atoms with Gasteiger partial charge < -0.3 is 4.90 Å². The molecule has 1 saturated heterocycles. The van der Waals surface area contributed by atoms with Crippen LogP contribution in [0.3, 0.4) is 0 Å². The van der Waals surface area contributed by atoms with Crippen LogP contribution in [0.25, 0.3) is 0 Å². The lowest BCUT2D eigenvalue weighted by molar-refractivity contribution is 0.0668. The van der Waals surface area contributed by atoms with Crippen LogP contribution in [0, 0.1) is 11.8 Å². The SMILES string of the molecule is CC(C)C1CCN(C(=O)c2cccc(Cl)c2Cl)CC1. The molecule has 0 saturated carbocycles. The first kappa shape index (κ1) is 14.7. The van der Waals surface area contributed by atoms with E-state index in [0.29, 0.717) is 21.5 Å². The molecule has 0 aromatic heterocycles. The first-order valence-electron chi connectivity index (χ1n) is 6.74. The molecule has 19 heavy (non-hydrogen) atoms. The van der Waals surface area contributed by atoms with Crippen molar-refractivity contribution in [2.24, 2.45) is 11.8 Å². The lowest BCUT2D eigenvalue weighted by Crippen LogP contribution is -2.39. The summed E-state index contributed by atoms with van der Waals surface area (Å²) in [5, 5.41) is 0.796. The number of carbonyl (C=O) groups is 1. The number of hydrogen-bond donors (Lipinski definition) is 0. The normalized spacial score (nSPS) is 17.0. The molecule has 1 aromatic carbocycles. The zero-order valence-corrected chi connectivity index (χ0v) is 12.8. The zero-order valence-electron chi connectivity index (χ0n) is 11.3. The number of likely N-dealkylation sites (tertiary alicyclic amines) is 1. The average molecular weight is 300 g/mol. The standard InChI is InChI=1S/C15H19Cl2NO/c1-10(2)11-6-8-18(9-7-11)15(19)12-4-3-5-13(16)14(12)17/h3-5,10-11H,6-9H2,1-2H3. The maximum Gasteiger partial charge on any atom is 0.255 e. The summed E-state index contributed by atoms with van der Waals surface area (Å²) in [4.78, 5) is 14.3. The minimum atomic E-state index is -0.00490. The molecule has 2 rings (SSSR count). The summed E-state index contributed by atoms with van der Waals surface area (Å²) < 4.78 is 0. The maximum atomic E-state index is 12.4. The number of nitrogens with zero attached hydrogens (tertiary/aromatic N) is 1. The predicted molar refractivity (Wildman–Crippen MR) is 79.9 cm³/mol. The molecular weight excluding hydrogens is 281 g/mol. The molecule has 1 aliphatic heterocycles. The fourth-order valence-electron chi connectivity index (χ4n) is 2.61. The van der Waals surface area contributed by atoms with E-state index in [4.69, 9.17) is 23.2 Å². The molecule has 1 amide bonds. The third-order valence-corrected chi connectivity index (χ3v) is 4.77. The van der Waals surface area contributed by atoms with Gasteiger partial charge in [-0.1, -0.05) is 43.1 Å². The minimum absolute atomic E-state index is 0.00490. The van der Waals surface area contributed by atoms with E-state index in [1.165, 1.54) is 0 Å². The van der Waals surface area contributed by atoms with Gasteiger partial charge in [-0.3, -0.25) is 4.79 Å². The second kappa shape index (κ2) is 6.15. The molecule has 1 aliphatic rings. The van der Waals surface area contributed by atoms with Gasteiger partial charge in [0.1, 0.15) is 0 Å². The van der Waals surface area contributed by atoms with Gasteiger partial charge in [0.25, 0.3) is 5.91 Å². The number of rotatable bonds is 2.